The lowest BCUT2D eigenvalue weighted by Crippen LogP contribution is -2.55. The fourth-order valence-corrected chi connectivity index (χ4v) is 2.69. The van der Waals surface area contributed by atoms with Gasteiger partial charge in [-0.3, -0.25) is 0 Å². The van der Waals surface area contributed by atoms with Crippen molar-refractivity contribution >= 4 is 16.1 Å². The van der Waals surface area contributed by atoms with Gasteiger partial charge in [0.2, 0.25) is 10.0 Å². The second kappa shape index (κ2) is 5.64. The van der Waals surface area contributed by atoms with E-state index in [1.165, 1.54) is 4.31 Å². The highest BCUT2D eigenvalue weighted by atomic mass is 32.2. The molecule has 1 aliphatic heterocycles. The molecule has 1 saturated heterocycles. The van der Waals surface area contributed by atoms with E-state index in [4.69, 9.17) is 4.74 Å². The molecule has 1 amide bonds. The molecule has 2 N–H and O–H groups in total. The molecule has 2 atom stereocenters. The first-order valence-electron chi connectivity index (χ1n) is 6.12. The molecule has 0 aromatic rings. The Balaban J connectivity index is 2.53. The molecule has 112 valence electrons. The number of alkyl carbamates (subject to hydrolysis) is 1. The largest absolute Gasteiger partial charge is 0.444 e. The minimum Gasteiger partial charge on any atom is -0.444 e. The number of β-amino-alcohol motifs (C(OH)–C–C–N with tert-alkyl or cyclic N) is 1. The number of hydrogen-bond acceptors (Lipinski definition) is 5. The number of ether oxygens (including phenoxy) is 1. The average molecular weight is 294 g/mol. The number of hydrogen-bond donors (Lipinski definition) is 2. The summed E-state index contributed by atoms with van der Waals surface area (Å²) in [5.74, 6) is 0. The number of nitrogens with zero attached hydrogens (tertiary/aromatic N) is 1. The highest BCUT2D eigenvalue weighted by Gasteiger charge is 2.33. The van der Waals surface area contributed by atoms with Crippen LogP contribution in [0.3, 0.4) is 0 Å². The Morgan fingerprint density at radius 2 is 2.00 bits per heavy atom. The second-order valence-electron chi connectivity index (χ2n) is 5.73. The summed E-state index contributed by atoms with van der Waals surface area (Å²) in [6.45, 7) is 5.50. The van der Waals surface area contributed by atoms with Crippen LogP contribution in [0.4, 0.5) is 4.79 Å². The predicted octanol–water partition coefficient (Wildman–Crippen LogP) is -0.0941. The molecule has 1 aliphatic rings. The molecule has 1 rings (SSSR count). The molecule has 7 nitrogen and oxygen atoms in total. The first-order chi connectivity index (χ1) is 8.49. The number of carbonyl (C=O) groups excluding carboxylic acids is 1. The van der Waals surface area contributed by atoms with Crippen molar-refractivity contribution in [2.75, 3.05) is 19.3 Å². The van der Waals surface area contributed by atoms with Crippen molar-refractivity contribution < 1.29 is 23.1 Å². The van der Waals surface area contributed by atoms with Crippen molar-refractivity contribution in [2.45, 2.75) is 44.9 Å². The Morgan fingerprint density at radius 1 is 1.42 bits per heavy atom. The van der Waals surface area contributed by atoms with E-state index in [0.29, 0.717) is 6.42 Å². The maximum absolute atomic E-state index is 11.6. The summed E-state index contributed by atoms with van der Waals surface area (Å²) in [6.07, 6.45) is -0.0881. The molecule has 8 heteroatoms. The van der Waals surface area contributed by atoms with Crippen LogP contribution in [0.25, 0.3) is 0 Å². The quantitative estimate of drug-likeness (QED) is 0.742. The van der Waals surface area contributed by atoms with E-state index in [2.05, 4.69) is 5.32 Å². The third-order valence-electron chi connectivity index (χ3n) is 2.72. The molecule has 0 aliphatic carbocycles. The van der Waals surface area contributed by atoms with E-state index in [9.17, 15) is 18.3 Å². The van der Waals surface area contributed by atoms with Gasteiger partial charge in [0.25, 0.3) is 0 Å². The minimum absolute atomic E-state index is 0.0146. The average Bonchev–Trinajstić information content (AvgIpc) is 2.16. The molecule has 0 radical (unpaired) electrons. The van der Waals surface area contributed by atoms with Crippen molar-refractivity contribution in [3.8, 4) is 0 Å². The summed E-state index contributed by atoms with van der Waals surface area (Å²) in [5.41, 5.74) is -0.609. The van der Waals surface area contributed by atoms with E-state index >= 15 is 0 Å². The van der Waals surface area contributed by atoms with Gasteiger partial charge in [0.1, 0.15) is 5.60 Å². The third-order valence-corrected chi connectivity index (χ3v) is 3.99. The molecular formula is C11H22N2O5S. The number of carbonyl (C=O) groups is 1. The normalized spacial score (nSPS) is 25.9. The standard InChI is InChI=1S/C11H22N2O5S/c1-11(2,3)18-10(15)12-8-5-6-13(7-9(8)14)19(4,16)17/h8-9,14H,5-7H2,1-4H3,(H,12,15)/t8-,9-/m1/s1. The third kappa shape index (κ3) is 5.33. The molecular weight excluding hydrogens is 272 g/mol. The number of sulfonamides is 1. The van der Waals surface area contributed by atoms with E-state index in [-0.39, 0.29) is 13.1 Å². The number of nitrogens with one attached hydrogen (secondary N) is 1. The summed E-state index contributed by atoms with van der Waals surface area (Å²) in [4.78, 5) is 11.6. The summed E-state index contributed by atoms with van der Waals surface area (Å²) in [7, 11) is -3.31. The predicted molar refractivity (Wildman–Crippen MR) is 70.2 cm³/mol. The molecule has 19 heavy (non-hydrogen) atoms. The van der Waals surface area contributed by atoms with Crippen molar-refractivity contribution in [3.63, 3.8) is 0 Å². The molecule has 0 unspecified atom stereocenters. The Hall–Kier alpha value is -0.860. The Labute approximate surface area is 114 Å². The van der Waals surface area contributed by atoms with Crippen molar-refractivity contribution in [1.29, 1.82) is 0 Å². The lowest BCUT2D eigenvalue weighted by molar-refractivity contribution is 0.0323. The fraction of sp³-hybridized carbons (Fsp3) is 0.909. The molecule has 1 heterocycles. The number of aliphatic hydroxyl groups excluding tert-OH is 1. The first kappa shape index (κ1) is 16.2. The molecule has 1 fully saturated rings. The van der Waals surface area contributed by atoms with Gasteiger partial charge in [-0.1, -0.05) is 0 Å². The molecule has 0 saturated carbocycles. The number of aliphatic hydroxyl groups is 1. The van der Waals surface area contributed by atoms with Crippen LogP contribution in [0, 0.1) is 0 Å². The monoisotopic (exact) mass is 294 g/mol. The zero-order valence-electron chi connectivity index (χ0n) is 11.7. The van der Waals surface area contributed by atoms with E-state index in [0.717, 1.165) is 6.26 Å². The van der Waals surface area contributed by atoms with Gasteiger partial charge in [0.15, 0.2) is 0 Å². The summed E-state index contributed by atoms with van der Waals surface area (Å²) >= 11 is 0. The first-order valence-corrected chi connectivity index (χ1v) is 7.96. The minimum atomic E-state index is -3.31. The van der Waals surface area contributed by atoms with Crippen LogP contribution in [0.2, 0.25) is 0 Å². The van der Waals surface area contributed by atoms with Crippen LogP contribution in [0.15, 0.2) is 0 Å². The van der Waals surface area contributed by atoms with E-state index in [1.807, 2.05) is 0 Å². The van der Waals surface area contributed by atoms with Crippen LogP contribution < -0.4 is 5.32 Å². The Kier molecular flexibility index (Phi) is 4.81. The topological polar surface area (TPSA) is 95.9 Å². The molecule has 0 aromatic carbocycles. The lowest BCUT2D eigenvalue weighted by atomic mass is 10.0. The summed E-state index contributed by atoms with van der Waals surface area (Å²) < 4.78 is 29.0. The van der Waals surface area contributed by atoms with Gasteiger partial charge in [0.05, 0.1) is 18.4 Å². The van der Waals surface area contributed by atoms with E-state index in [1.54, 1.807) is 20.8 Å². The Morgan fingerprint density at radius 3 is 2.42 bits per heavy atom. The maximum Gasteiger partial charge on any atom is 0.407 e. The van der Waals surface area contributed by atoms with Crippen LogP contribution in [-0.2, 0) is 14.8 Å². The van der Waals surface area contributed by atoms with Gasteiger partial charge in [-0.25, -0.2) is 13.2 Å². The fourth-order valence-electron chi connectivity index (χ4n) is 1.83. The highest BCUT2D eigenvalue weighted by Crippen LogP contribution is 2.15. The van der Waals surface area contributed by atoms with Gasteiger partial charge in [-0.15, -0.1) is 0 Å². The smallest absolute Gasteiger partial charge is 0.407 e. The van der Waals surface area contributed by atoms with Gasteiger partial charge in [-0.05, 0) is 27.2 Å². The van der Waals surface area contributed by atoms with Gasteiger partial charge in [0, 0.05) is 13.1 Å². The summed E-state index contributed by atoms with van der Waals surface area (Å²) in [5, 5.41) is 12.4. The highest BCUT2D eigenvalue weighted by molar-refractivity contribution is 7.88. The van der Waals surface area contributed by atoms with Crippen LogP contribution in [0.5, 0.6) is 0 Å². The Bertz CT molecular complexity index is 429. The van der Waals surface area contributed by atoms with Gasteiger partial charge >= 0.3 is 6.09 Å². The van der Waals surface area contributed by atoms with Gasteiger partial charge in [-0.2, -0.15) is 4.31 Å². The number of piperidine rings is 1. The molecule has 0 bridgehead atoms. The van der Waals surface area contributed by atoms with Crippen LogP contribution >= 0.6 is 0 Å². The lowest BCUT2D eigenvalue weighted by Gasteiger charge is -2.35. The number of rotatable bonds is 2. The SMILES string of the molecule is CC(C)(C)OC(=O)N[C@@H]1CCN(S(C)(=O)=O)C[C@H]1O. The zero-order valence-corrected chi connectivity index (χ0v) is 12.5. The molecule has 0 aromatic heterocycles. The van der Waals surface area contributed by atoms with Crippen LogP contribution in [-0.4, -0.2) is 61.0 Å². The van der Waals surface area contributed by atoms with Crippen LogP contribution in [0.1, 0.15) is 27.2 Å². The molecule has 0 spiro atoms. The van der Waals surface area contributed by atoms with E-state index < -0.39 is 33.9 Å². The second-order valence-corrected chi connectivity index (χ2v) is 7.71. The van der Waals surface area contributed by atoms with Crippen molar-refractivity contribution in [1.82, 2.24) is 9.62 Å². The van der Waals surface area contributed by atoms with Gasteiger partial charge < -0.3 is 15.2 Å². The summed E-state index contributed by atoms with van der Waals surface area (Å²) in [6, 6.07) is -0.493. The number of amides is 1. The maximum atomic E-state index is 11.6. The van der Waals surface area contributed by atoms with Crippen molar-refractivity contribution in [2.24, 2.45) is 0 Å². The van der Waals surface area contributed by atoms with Crippen molar-refractivity contribution in [3.05, 3.63) is 0 Å². The zero-order chi connectivity index (χ0) is 14.8.